The topological polar surface area (TPSA) is 120 Å². The zero-order chi connectivity index (χ0) is 11.6. The Balaban J connectivity index is 3.40. The minimum Gasteiger partial charge on any atom is -0.477 e. The lowest BCUT2D eigenvalue weighted by Crippen LogP contribution is -1.95. The maximum absolute atomic E-state index is 11.3. The number of thiophene rings is 1. The first-order chi connectivity index (χ1) is 6.88. The summed E-state index contributed by atoms with van der Waals surface area (Å²) in [5.74, 6) is -1.25. The molecule has 1 rings (SSSR count). The predicted molar refractivity (Wildman–Crippen MR) is 55.3 cm³/mol. The van der Waals surface area contributed by atoms with E-state index in [1.807, 2.05) is 0 Å². The van der Waals surface area contributed by atoms with Gasteiger partial charge in [-0.05, 0) is 27.5 Å². The molecular formula is C5H2BrN3O4S2. The maximum atomic E-state index is 11.3. The summed E-state index contributed by atoms with van der Waals surface area (Å²) in [7, 11) is -4.15. The highest BCUT2D eigenvalue weighted by atomic mass is 79.9. The molecule has 1 heterocycles. The normalized spacial score (nSPS) is 10.7. The average Bonchev–Trinajstić information content (AvgIpc) is 2.47. The van der Waals surface area contributed by atoms with Crippen LogP contribution in [-0.2, 0) is 10.0 Å². The van der Waals surface area contributed by atoms with Gasteiger partial charge in [-0.25, -0.2) is 13.2 Å². The van der Waals surface area contributed by atoms with E-state index in [1.165, 1.54) is 0 Å². The van der Waals surface area contributed by atoms with Crippen molar-refractivity contribution in [2.75, 3.05) is 0 Å². The van der Waals surface area contributed by atoms with Crippen molar-refractivity contribution in [3.63, 3.8) is 0 Å². The van der Waals surface area contributed by atoms with E-state index < -0.39 is 16.0 Å². The van der Waals surface area contributed by atoms with Crippen molar-refractivity contribution in [3.05, 3.63) is 25.2 Å². The van der Waals surface area contributed by atoms with Crippen LogP contribution in [0.25, 0.3) is 10.4 Å². The molecule has 7 nitrogen and oxygen atoms in total. The summed E-state index contributed by atoms with van der Waals surface area (Å²) in [6.07, 6.45) is 0. The Kier molecular flexibility index (Phi) is 3.35. The fourth-order valence-corrected chi connectivity index (χ4v) is 3.76. The molecule has 0 fully saturated rings. The van der Waals surface area contributed by atoms with Gasteiger partial charge in [-0.2, -0.15) is 0 Å². The van der Waals surface area contributed by atoms with Crippen molar-refractivity contribution in [1.82, 2.24) is 0 Å². The molecule has 80 valence electrons. The number of rotatable bonds is 3. The molecule has 1 N–H and O–H groups in total. The Morgan fingerprint density at radius 1 is 1.67 bits per heavy atom. The van der Waals surface area contributed by atoms with Crippen LogP contribution in [0, 0.1) is 0 Å². The lowest BCUT2D eigenvalue weighted by atomic mass is 10.5. The van der Waals surface area contributed by atoms with Crippen LogP contribution in [-0.4, -0.2) is 19.5 Å². The largest absolute Gasteiger partial charge is 0.477 e. The van der Waals surface area contributed by atoms with E-state index in [0.29, 0.717) is 0 Å². The summed E-state index contributed by atoms with van der Waals surface area (Å²) in [6.45, 7) is 0. The molecule has 0 saturated heterocycles. The summed E-state index contributed by atoms with van der Waals surface area (Å²) in [6, 6.07) is 0.932. The van der Waals surface area contributed by atoms with Gasteiger partial charge in [0.1, 0.15) is 9.77 Å². The Labute approximate surface area is 96.2 Å². The van der Waals surface area contributed by atoms with Crippen molar-refractivity contribution in [2.45, 2.75) is 4.90 Å². The van der Waals surface area contributed by atoms with Crippen LogP contribution in [0.5, 0.6) is 0 Å². The smallest absolute Gasteiger partial charge is 0.345 e. The van der Waals surface area contributed by atoms with Gasteiger partial charge in [0.25, 0.3) is 10.0 Å². The van der Waals surface area contributed by atoms with Crippen LogP contribution in [0.1, 0.15) is 9.67 Å². The third-order valence-corrected chi connectivity index (χ3v) is 4.67. The van der Waals surface area contributed by atoms with Gasteiger partial charge in [0, 0.05) is 9.43 Å². The average molecular weight is 312 g/mol. The fraction of sp³-hybridized carbons (Fsp3) is 0. The van der Waals surface area contributed by atoms with Crippen LogP contribution in [0.4, 0.5) is 0 Å². The van der Waals surface area contributed by atoms with Gasteiger partial charge in [-0.3, -0.25) is 0 Å². The fourth-order valence-electron chi connectivity index (χ4n) is 0.725. The summed E-state index contributed by atoms with van der Waals surface area (Å²) < 4.78 is 25.2. The van der Waals surface area contributed by atoms with E-state index in [9.17, 15) is 13.2 Å². The number of sulfonamides is 1. The van der Waals surface area contributed by atoms with E-state index in [-0.39, 0.29) is 13.6 Å². The third kappa shape index (κ3) is 2.48. The first-order valence-corrected chi connectivity index (χ1v) is 6.27. The summed E-state index contributed by atoms with van der Waals surface area (Å²) >= 11 is 3.61. The Hall–Kier alpha value is -1.09. The molecule has 0 unspecified atom stereocenters. The molecule has 1 aromatic heterocycles. The van der Waals surface area contributed by atoms with Crippen molar-refractivity contribution < 1.29 is 18.3 Å². The second-order valence-corrected chi connectivity index (χ2v) is 6.12. The summed E-state index contributed by atoms with van der Waals surface area (Å²) in [5.41, 5.74) is 8.02. The van der Waals surface area contributed by atoms with Crippen molar-refractivity contribution in [3.8, 4) is 0 Å². The quantitative estimate of drug-likeness (QED) is 0.522. The van der Waals surface area contributed by atoms with Gasteiger partial charge in [-0.1, -0.05) is 0 Å². The SMILES string of the molecule is [N-]=[N+]=NS(=O)(=O)c1cc(C(=O)O)sc1Br. The molecule has 0 aromatic carbocycles. The molecule has 0 spiro atoms. The molecule has 0 radical (unpaired) electrons. The molecule has 0 aliphatic carbocycles. The monoisotopic (exact) mass is 311 g/mol. The first-order valence-electron chi connectivity index (χ1n) is 3.22. The Morgan fingerprint density at radius 2 is 2.27 bits per heavy atom. The van der Waals surface area contributed by atoms with E-state index in [2.05, 4.69) is 25.4 Å². The number of azide groups is 1. The zero-order valence-corrected chi connectivity index (χ0v) is 10.0. The maximum Gasteiger partial charge on any atom is 0.345 e. The molecule has 0 amide bonds. The Morgan fingerprint density at radius 3 is 2.67 bits per heavy atom. The summed E-state index contributed by atoms with van der Waals surface area (Å²) in [4.78, 5) is 12.2. The van der Waals surface area contributed by atoms with E-state index in [1.54, 1.807) is 0 Å². The minimum absolute atomic E-state index is 0.0901. The summed E-state index contributed by atoms with van der Waals surface area (Å²) in [5, 5.41) is 8.61. The number of halogens is 1. The van der Waals surface area contributed by atoms with Gasteiger partial charge in [0.05, 0.1) is 3.79 Å². The molecule has 15 heavy (non-hydrogen) atoms. The Bertz CT molecular complexity index is 557. The number of nitrogens with zero attached hydrogens (tertiary/aromatic N) is 3. The van der Waals surface area contributed by atoms with Crippen LogP contribution < -0.4 is 0 Å². The number of hydrogen-bond acceptors (Lipinski definition) is 4. The number of hydrogen-bond donors (Lipinski definition) is 1. The van der Waals surface area contributed by atoms with E-state index >= 15 is 0 Å². The molecular weight excluding hydrogens is 310 g/mol. The molecule has 0 saturated carbocycles. The van der Waals surface area contributed by atoms with Crippen LogP contribution >= 0.6 is 27.3 Å². The molecule has 0 aliphatic rings. The van der Waals surface area contributed by atoms with Gasteiger partial charge < -0.3 is 5.11 Å². The second-order valence-electron chi connectivity index (χ2n) is 2.20. The molecule has 10 heteroatoms. The van der Waals surface area contributed by atoms with Gasteiger partial charge >= 0.3 is 5.97 Å². The highest BCUT2D eigenvalue weighted by Gasteiger charge is 2.21. The third-order valence-electron chi connectivity index (χ3n) is 1.29. The highest BCUT2D eigenvalue weighted by molar-refractivity contribution is 9.11. The number of carbonyl (C=O) groups is 1. The lowest BCUT2D eigenvalue weighted by Gasteiger charge is -1.91. The van der Waals surface area contributed by atoms with E-state index in [0.717, 1.165) is 17.4 Å². The lowest BCUT2D eigenvalue weighted by molar-refractivity contribution is 0.0702. The van der Waals surface area contributed by atoms with Crippen LogP contribution in [0.15, 0.2) is 19.3 Å². The number of carboxylic acids is 1. The molecule has 0 atom stereocenters. The predicted octanol–water partition coefficient (Wildman–Crippen LogP) is 2.21. The highest BCUT2D eigenvalue weighted by Crippen LogP contribution is 2.32. The van der Waals surface area contributed by atoms with Crippen molar-refractivity contribution >= 4 is 43.3 Å². The van der Waals surface area contributed by atoms with Crippen molar-refractivity contribution in [2.24, 2.45) is 4.52 Å². The first kappa shape index (κ1) is 12.0. The number of aromatic carboxylic acids is 1. The standard InChI is InChI=1S/C5H2BrN3O4S2/c6-4-3(15(12,13)9-8-7)1-2(14-4)5(10)11/h1H,(H,10,11). The number of carboxylic acid groups (broad SMARTS) is 1. The molecule has 0 aliphatic heterocycles. The van der Waals surface area contributed by atoms with E-state index in [4.69, 9.17) is 10.6 Å². The molecule has 0 bridgehead atoms. The van der Waals surface area contributed by atoms with Gasteiger partial charge in [-0.15, -0.1) is 11.3 Å². The molecule has 1 aromatic rings. The van der Waals surface area contributed by atoms with Crippen LogP contribution in [0.3, 0.4) is 0 Å². The zero-order valence-electron chi connectivity index (χ0n) is 6.79. The van der Waals surface area contributed by atoms with Gasteiger partial charge in [0.2, 0.25) is 0 Å². The van der Waals surface area contributed by atoms with Crippen LogP contribution in [0.2, 0.25) is 0 Å². The van der Waals surface area contributed by atoms with Gasteiger partial charge in [0.15, 0.2) is 0 Å². The van der Waals surface area contributed by atoms with Crippen molar-refractivity contribution in [1.29, 1.82) is 0 Å². The minimum atomic E-state index is -4.15. The second kappa shape index (κ2) is 4.19.